The van der Waals surface area contributed by atoms with E-state index in [-0.39, 0.29) is 11.8 Å². The van der Waals surface area contributed by atoms with E-state index in [9.17, 15) is 9.59 Å². The van der Waals surface area contributed by atoms with Crippen molar-refractivity contribution in [2.75, 3.05) is 12.8 Å². The second-order valence-corrected chi connectivity index (χ2v) is 8.25. The van der Waals surface area contributed by atoms with Gasteiger partial charge in [-0.05, 0) is 30.2 Å². The second-order valence-electron chi connectivity index (χ2n) is 6.23. The number of halogens is 1. The molecule has 0 bridgehead atoms. The maximum Gasteiger partial charge on any atom is 0.242 e. The predicted molar refractivity (Wildman–Crippen MR) is 115 cm³/mol. The Labute approximate surface area is 173 Å². The van der Waals surface area contributed by atoms with E-state index in [4.69, 9.17) is 0 Å². The van der Waals surface area contributed by atoms with Crippen molar-refractivity contribution in [1.82, 2.24) is 10.2 Å². The molecule has 6 heteroatoms. The summed E-state index contributed by atoms with van der Waals surface area (Å²) in [6, 6.07) is 17.5. The van der Waals surface area contributed by atoms with Crippen molar-refractivity contribution in [3.05, 3.63) is 70.2 Å². The van der Waals surface area contributed by atoms with Crippen LogP contribution in [0.5, 0.6) is 0 Å². The maximum absolute atomic E-state index is 12.8. The zero-order chi connectivity index (χ0) is 19.6. The third-order valence-electron chi connectivity index (χ3n) is 4.23. The standard InChI is InChI=1S/C21H25BrN2O2S/c1-16(21(26)23-2)24(14-18-9-6-10-19(22)13-18)20(25)11-12-27-15-17-7-4-3-5-8-17/h3-10,13,16H,11-12,14-15H2,1-2H3,(H,23,26). The average Bonchev–Trinajstić information content (AvgIpc) is 2.69. The lowest BCUT2D eigenvalue weighted by atomic mass is 10.1. The van der Waals surface area contributed by atoms with Crippen LogP contribution in [-0.4, -0.2) is 35.6 Å². The number of carbonyl (C=O) groups excluding carboxylic acids is 2. The number of benzene rings is 2. The molecule has 0 saturated heterocycles. The Morgan fingerprint density at radius 3 is 2.48 bits per heavy atom. The van der Waals surface area contributed by atoms with Crippen LogP contribution < -0.4 is 5.32 Å². The van der Waals surface area contributed by atoms with Gasteiger partial charge in [0.1, 0.15) is 6.04 Å². The number of hydrogen-bond donors (Lipinski definition) is 1. The number of carbonyl (C=O) groups is 2. The van der Waals surface area contributed by atoms with Crippen LogP contribution in [0.1, 0.15) is 24.5 Å². The molecule has 2 aromatic carbocycles. The molecule has 2 rings (SSSR count). The average molecular weight is 449 g/mol. The molecule has 0 spiro atoms. The van der Waals surface area contributed by atoms with Crippen LogP contribution in [0.4, 0.5) is 0 Å². The largest absolute Gasteiger partial charge is 0.357 e. The molecule has 2 amide bonds. The fraction of sp³-hybridized carbons (Fsp3) is 0.333. The lowest BCUT2D eigenvalue weighted by Crippen LogP contribution is -2.46. The van der Waals surface area contributed by atoms with Crippen molar-refractivity contribution in [3.8, 4) is 0 Å². The fourth-order valence-corrected chi connectivity index (χ4v) is 4.03. The van der Waals surface area contributed by atoms with E-state index < -0.39 is 6.04 Å². The quantitative estimate of drug-likeness (QED) is 0.583. The summed E-state index contributed by atoms with van der Waals surface area (Å²) in [6.45, 7) is 2.18. The summed E-state index contributed by atoms with van der Waals surface area (Å²) < 4.78 is 0.957. The fourth-order valence-electron chi connectivity index (χ4n) is 2.69. The first-order valence-electron chi connectivity index (χ1n) is 8.88. The molecule has 0 radical (unpaired) electrons. The molecular weight excluding hydrogens is 424 g/mol. The van der Waals surface area contributed by atoms with Gasteiger partial charge in [-0.25, -0.2) is 0 Å². The zero-order valence-electron chi connectivity index (χ0n) is 15.7. The number of nitrogens with zero attached hydrogens (tertiary/aromatic N) is 1. The van der Waals surface area contributed by atoms with Gasteiger partial charge in [-0.15, -0.1) is 0 Å². The summed E-state index contributed by atoms with van der Waals surface area (Å²) in [4.78, 5) is 26.6. The SMILES string of the molecule is CNC(=O)C(C)N(Cc1cccc(Br)c1)C(=O)CCSCc1ccccc1. The van der Waals surface area contributed by atoms with Gasteiger partial charge in [0.05, 0.1) is 0 Å². The van der Waals surface area contributed by atoms with Gasteiger partial charge in [-0.3, -0.25) is 9.59 Å². The van der Waals surface area contributed by atoms with Crippen LogP contribution in [-0.2, 0) is 21.9 Å². The van der Waals surface area contributed by atoms with E-state index in [1.54, 1.807) is 30.6 Å². The molecule has 1 N–H and O–H groups in total. The molecule has 1 atom stereocenters. The van der Waals surface area contributed by atoms with Crippen molar-refractivity contribution in [2.24, 2.45) is 0 Å². The van der Waals surface area contributed by atoms with Gasteiger partial charge in [0, 0.05) is 36.0 Å². The number of likely N-dealkylation sites (N-methyl/N-ethyl adjacent to an activating group) is 1. The van der Waals surface area contributed by atoms with Gasteiger partial charge in [0.2, 0.25) is 11.8 Å². The second kappa shape index (κ2) is 11.1. The van der Waals surface area contributed by atoms with E-state index in [0.717, 1.165) is 21.5 Å². The molecule has 0 aliphatic rings. The molecule has 2 aromatic rings. The Balaban J connectivity index is 1.96. The lowest BCUT2D eigenvalue weighted by Gasteiger charge is -2.28. The smallest absolute Gasteiger partial charge is 0.242 e. The van der Waals surface area contributed by atoms with Crippen LogP contribution >= 0.6 is 27.7 Å². The van der Waals surface area contributed by atoms with E-state index >= 15 is 0 Å². The normalized spacial score (nSPS) is 11.7. The minimum atomic E-state index is -0.513. The Morgan fingerprint density at radius 1 is 1.11 bits per heavy atom. The monoisotopic (exact) mass is 448 g/mol. The van der Waals surface area contributed by atoms with Crippen molar-refractivity contribution < 1.29 is 9.59 Å². The molecule has 27 heavy (non-hydrogen) atoms. The number of hydrogen-bond acceptors (Lipinski definition) is 3. The number of thioether (sulfide) groups is 1. The van der Waals surface area contributed by atoms with Crippen LogP contribution in [0.25, 0.3) is 0 Å². The summed E-state index contributed by atoms with van der Waals surface area (Å²) in [6.07, 6.45) is 0.410. The third kappa shape index (κ3) is 7.03. The molecule has 0 aliphatic heterocycles. The molecule has 0 aromatic heterocycles. The molecule has 0 aliphatic carbocycles. The summed E-state index contributed by atoms with van der Waals surface area (Å²) >= 11 is 5.19. The summed E-state index contributed by atoms with van der Waals surface area (Å²) in [5.41, 5.74) is 2.24. The van der Waals surface area contributed by atoms with Crippen LogP contribution in [0.15, 0.2) is 59.1 Å². The van der Waals surface area contributed by atoms with E-state index in [0.29, 0.717) is 13.0 Å². The first-order valence-corrected chi connectivity index (χ1v) is 10.8. The Bertz CT molecular complexity index is 755. The number of amides is 2. The van der Waals surface area contributed by atoms with E-state index in [2.05, 4.69) is 33.4 Å². The van der Waals surface area contributed by atoms with Crippen molar-refractivity contribution in [2.45, 2.75) is 31.7 Å². The van der Waals surface area contributed by atoms with Gasteiger partial charge in [-0.2, -0.15) is 11.8 Å². The highest BCUT2D eigenvalue weighted by atomic mass is 79.9. The Hall–Kier alpha value is -1.79. The molecule has 0 fully saturated rings. The molecular formula is C21H25BrN2O2S. The highest BCUT2D eigenvalue weighted by Crippen LogP contribution is 2.18. The maximum atomic E-state index is 12.8. The number of nitrogens with one attached hydrogen (secondary N) is 1. The first-order chi connectivity index (χ1) is 13.0. The lowest BCUT2D eigenvalue weighted by molar-refractivity contribution is -0.140. The van der Waals surface area contributed by atoms with E-state index in [1.165, 1.54) is 5.56 Å². The van der Waals surface area contributed by atoms with Crippen LogP contribution in [0.2, 0.25) is 0 Å². The van der Waals surface area contributed by atoms with Gasteiger partial charge in [-0.1, -0.05) is 58.4 Å². The summed E-state index contributed by atoms with van der Waals surface area (Å²) in [5, 5.41) is 2.64. The topological polar surface area (TPSA) is 49.4 Å². The van der Waals surface area contributed by atoms with Crippen LogP contribution in [0.3, 0.4) is 0 Å². The molecule has 4 nitrogen and oxygen atoms in total. The first kappa shape index (κ1) is 21.5. The Kier molecular flexibility index (Phi) is 8.88. The minimum absolute atomic E-state index is 0.00774. The van der Waals surface area contributed by atoms with Crippen LogP contribution in [0, 0.1) is 0 Å². The minimum Gasteiger partial charge on any atom is -0.357 e. The third-order valence-corrected chi connectivity index (χ3v) is 5.75. The van der Waals surface area contributed by atoms with Crippen molar-refractivity contribution in [3.63, 3.8) is 0 Å². The van der Waals surface area contributed by atoms with Gasteiger partial charge >= 0.3 is 0 Å². The highest BCUT2D eigenvalue weighted by molar-refractivity contribution is 9.10. The number of rotatable bonds is 9. The van der Waals surface area contributed by atoms with Gasteiger partial charge < -0.3 is 10.2 Å². The molecule has 0 heterocycles. The molecule has 0 saturated carbocycles. The highest BCUT2D eigenvalue weighted by Gasteiger charge is 2.25. The van der Waals surface area contributed by atoms with E-state index in [1.807, 2.05) is 42.5 Å². The van der Waals surface area contributed by atoms with Crippen molar-refractivity contribution in [1.29, 1.82) is 0 Å². The molecule has 1 unspecified atom stereocenters. The van der Waals surface area contributed by atoms with Gasteiger partial charge in [0.25, 0.3) is 0 Å². The Morgan fingerprint density at radius 2 is 1.81 bits per heavy atom. The summed E-state index contributed by atoms with van der Waals surface area (Å²) in [7, 11) is 1.59. The predicted octanol–water partition coefficient (Wildman–Crippen LogP) is 4.24. The summed E-state index contributed by atoms with van der Waals surface area (Å²) in [5.74, 6) is 1.44. The van der Waals surface area contributed by atoms with Gasteiger partial charge in [0.15, 0.2) is 0 Å². The molecule has 144 valence electrons. The zero-order valence-corrected chi connectivity index (χ0v) is 18.1. The van der Waals surface area contributed by atoms with Crippen molar-refractivity contribution >= 4 is 39.5 Å².